The SMILES string of the molecule is Cc1ccn2cc(C(=O)N[C@H](CC(C)C)C(=O)O)nc2c1. The van der Waals surface area contributed by atoms with E-state index in [9.17, 15) is 9.59 Å². The zero-order valence-corrected chi connectivity index (χ0v) is 12.3. The molecule has 2 rings (SSSR count). The van der Waals surface area contributed by atoms with E-state index in [0.717, 1.165) is 5.56 Å². The molecule has 2 aromatic heterocycles. The lowest BCUT2D eigenvalue weighted by molar-refractivity contribution is -0.139. The molecule has 0 fully saturated rings. The number of nitrogens with zero attached hydrogens (tertiary/aromatic N) is 2. The highest BCUT2D eigenvalue weighted by Crippen LogP contribution is 2.09. The Morgan fingerprint density at radius 3 is 2.76 bits per heavy atom. The molecule has 6 nitrogen and oxygen atoms in total. The first-order chi connectivity index (χ1) is 9.86. The fourth-order valence-electron chi connectivity index (χ4n) is 2.12. The van der Waals surface area contributed by atoms with Gasteiger partial charge in [-0.3, -0.25) is 4.79 Å². The first kappa shape index (κ1) is 15.0. The summed E-state index contributed by atoms with van der Waals surface area (Å²) in [6, 6.07) is 2.87. The molecule has 21 heavy (non-hydrogen) atoms. The third kappa shape index (κ3) is 3.59. The number of aryl methyl sites for hydroxylation is 1. The largest absolute Gasteiger partial charge is 0.480 e. The van der Waals surface area contributed by atoms with Crippen molar-refractivity contribution in [3.8, 4) is 0 Å². The van der Waals surface area contributed by atoms with Crippen molar-refractivity contribution in [3.05, 3.63) is 35.8 Å². The molecule has 2 N–H and O–H groups in total. The molecule has 0 saturated heterocycles. The maximum atomic E-state index is 12.1. The molecule has 0 unspecified atom stereocenters. The van der Waals surface area contributed by atoms with Crippen molar-refractivity contribution in [2.24, 2.45) is 5.92 Å². The number of pyridine rings is 1. The number of aromatic nitrogens is 2. The smallest absolute Gasteiger partial charge is 0.326 e. The van der Waals surface area contributed by atoms with Gasteiger partial charge in [-0.1, -0.05) is 13.8 Å². The number of amides is 1. The second-order valence-electron chi connectivity index (χ2n) is 5.59. The molecule has 0 aromatic carbocycles. The Kier molecular flexibility index (Phi) is 4.26. The summed E-state index contributed by atoms with van der Waals surface area (Å²) in [6.45, 7) is 5.77. The molecule has 6 heteroatoms. The first-order valence-corrected chi connectivity index (χ1v) is 6.86. The normalized spacial score (nSPS) is 12.6. The maximum Gasteiger partial charge on any atom is 0.326 e. The maximum absolute atomic E-state index is 12.1. The molecular weight excluding hydrogens is 270 g/mol. The Labute approximate surface area is 122 Å². The number of nitrogens with one attached hydrogen (secondary N) is 1. The Bertz CT molecular complexity index is 676. The van der Waals surface area contributed by atoms with Gasteiger partial charge in [0.05, 0.1) is 0 Å². The zero-order chi connectivity index (χ0) is 15.6. The van der Waals surface area contributed by atoms with Crippen molar-refractivity contribution in [1.82, 2.24) is 14.7 Å². The van der Waals surface area contributed by atoms with Crippen molar-refractivity contribution in [3.63, 3.8) is 0 Å². The average Bonchev–Trinajstić information content (AvgIpc) is 2.80. The second kappa shape index (κ2) is 5.95. The van der Waals surface area contributed by atoms with E-state index in [4.69, 9.17) is 5.11 Å². The lowest BCUT2D eigenvalue weighted by atomic mass is 10.0. The van der Waals surface area contributed by atoms with E-state index in [1.807, 2.05) is 39.1 Å². The molecule has 0 saturated carbocycles. The molecule has 0 aliphatic heterocycles. The summed E-state index contributed by atoms with van der Waals surface area (Å²) in [5, 5.41) is 11.7. The topological polar surface area (TPSA) is 83.7 Å². The number of carbonyl (C=O) groups excluding carboxylic acids is 1. The molecule has 0 bridgehead atoms. The summed E-state index contributed by atoms with van der Waals surface area (Å²) in [5.74, 6) is -1.32. The molecule has 0 spiro atoms. The molecule has 2 aromatic rings. The molecule has 0 aliphatic carbocycles. The van der Waals surface area contributed by atoms with Gasteiger partial charge in [0.25, 0.3) is 5.91 Å². The van der Waals surface area contributed by atoms with Crippen molar-refractivity contribution in [2.75, 3.05) is 0 Å². The lowest BCUT2D eigenvalue weighted by Crippen LogP contribution is -2.41. The van der Waals surface area contributed by atoms with E-state index in [1.165, 1.54) is 0 Å². The highest BCUT2D eigenvalue weighted by atomic mass is 16.4. The van der Waals surface area contributed by atoms with Gasteiger partial charge in [0.2, 0.25) is 0 Å². The van der Waals surface area contributed by atoms with Crippen LogP contribution in [0, 0.1) is 12.8 Å². The van der Waals surface area contributed by atoms with E-state index < -0.39 is 17.9 Å². The van der Waals surface area contributed by atoms with E-state index in [1.54, 1.807) is 10.6 Å². The summed E-state index contributed by atoms with van der Waals surface area (Å²) in [7, 11) is 0. The molecular formula is C15H19N3O3. The number of rotatable bonds is 5. The van der Waals surface area contributed by atoms with Gasteiger partial charge in [0, 0.05) is 12.4 Å². The molecule has 2 heterocycles. The monoisotopic (exact) mass is 289 g/mol. The van der Waals surface area contributed by atoms with Gasteiger partial charge < -0.3 is 14.8 Å². The number of imidazole rings is 1. The summed E-state index contributed by atoms with van der Waals surface area (Å²) >= 11 is 0. The number of carboxylic acids is 1. The van der Waals surface area contributed by atoms with E-state index in [0.29, 0.717) is 12.1 Å². The highest BCUT2D eigenvalue weighted by Gasteiger charge is 2.22. The first-order valence-electron chi connectivity index (χ1n) is 6.86. The average molecular weight is 289 g/mol. The number of carbonyl (C=O) groups is 2. The minimum absolute atomic E-state index is 0.176. The molecule has 0 aliphatic rings. The van der Waals surface area contributed by atoms with Crippen LogP contribution >= 0.6 is 0 Å². The summed E-state index contributed by atoms with van der Waals surface area (Å²) < 4.78 is 1.74. The number of aliphatic carboxylic acids is 1. The zero-order valence-electron chi connectivity index (χ0n) is 12.3. The van der Waals surface area contributed by atoms with Gasteiger partial charge in [-0.25, -0.2) is 9.78 Å². The van der Waals surface area contributed by atoms with E-state index in [2.05, 4.69) is 10.3 Å². The van der Waals surface area contributed by atoms with Crippen LogP contribution in [0.25, 0.3) is 5.65 Å². The Morgan fingerprint density at radius 2 is 2.14 bits per heavy atom. The lowest BCUT2D eigenvalue weighted by Gasteiger charge is -2.15. The van der Waals surface area contributed by atoms with Gasteiger partial charge in [-0.2, -0.15) is 0 Å². The van der Waals surface area contributed by atoms with Gasteiger partial charge in [-0.15, -0.1) is 0 Å². The highest BCUT2D eigenvalue weighted by molar-refractivity contribution is 5.95. The number of carboxylic acid groups (broad SMARTS) is 1. The fraction of sp³-hybridized carbons (Fsp3) is 0.400. The van der Waals surface area contributed by atoms with Crippen LogP contribution in [-0.2, 0) is 4.79 Å². The fourth-order valence-corrected chi connectivity index (χ4v) is 2.12. The van der Waals surface area contributed by atoms with Crippen molar-refractivity contribution in [1.29, 1.82) is 0 Å². The van der Waals surface area contributed by atoms with Crippen LogP contribution in [0.15, 0.2) is 24.5 Å². The van der Waals surface area contributed by atoms with Crippen LogP contribution in [0.2, 0.25) is 0 Å². The predicted octanol–water partition coefficient (Wildman–Crippen LogP) is 1.87. The number of hydrogen-bond donors (Lipinski definition) is 2. The molecule has 0 radical (unpaired) electrons. The molecule has 112 valence electrons. The van der Waals surface area contributed by atoms with Gasteiger partial charge in [0.15, 0.2) is 0 Å². The quantitative estimate of drug-likeness (QED) is 0.880. The summed E-state index contributed by atoms with van der Waals surface area (Å²) in [4.78, 5) is 27.5. The Balaban J connectivity index is 2.19. The van der Waals surface area contributed by atoms with Crippen LogP contribution in [0.1, 0.15) is 36.3 Å². The minimum atomic E-state index is -1.03. The molecule has 1 atom stereocenters. The summed E-state index contributed by atoms with van der Waals surface area (Å²) in [5.41, 5.74) is 1.93. The number of fused-ring (bicyclic) bond motifs is 1. The van der Waals surface area contributed by atoms with Crippen LogP contribution in [0.4, 0.5) is 0 Å². The Hall–Kier alpha value is -2.37. The number of hydrogen-bond acceptors (Lipinski definition) is 3. The van der Waals surface area contributed by atoms with Crippen molar-refractivity contribution in [2.45, 2.75) is 33.2 Å². The van der Waals surface area contributed by atoms with Crippen molar-refractivity contribution < 1.29 is 14.7 Å². The van der Waals surface area contributed by atoms with Gasteiger partial charge in [0.1, 0.15) is 17.4 Å². The van der Waals surface area contributed by atoms with Crippen LogP contribution < -0.4 is 5.32 Å². The Morgan fingerprint density at radius 1 is 1.43 bits per heavy atom. The van der Waals surface area contributed by atoms with Crippen LogP contribution in [0.3, 0.4) is 0 Å². The van der Waals surface area contributed by atoms with E-state index in [-0.39, 0.29) is 11.6 Å². The minimum Gasteiger partial charge on any atom is -0.480 e. The van der Waals surface area contributed by atoms with Crippen molar-refractivity contribution >= 4 is 17.5 Å². The standard InChI is InChI=1S/C15H19N3O3/c1-9(2)6-11(15(20)21)17-14(19)12-8-18-5-4-10(3)7-13(18)16-12/h4-5,7-9,11H,6H2,1-3H3,(H,17,19)(H,20,21)/t11-/m1/s1. The van der Waals surface area contributed by atoms with Crippen LogP contribution in [-0.4, -0.2) is 32.4 Å². The molecule has 1 amide bonds. The summed E-state index contributed by atoms with van der Waals surface area (Å²) in [6.07, 6.45) is 3.79. The second-order valence-corrected chi connectivity index (χ2v) is 5.59. The predicted molar refractivity (Wildman–Crippen MR) is 78.3 cm³/mol. The third-order valence-electron chi connectivity index (χ3n) is 3.16. The van der Waals surface area contributed by atoms with Crippen LogP contribution in [0.5, 0.6) is 0 Å². The van der Waals surface area contributed by atoms with Gasteiger partial charge >= 0.3 is 5.97 Å². The van der Waals surface area contributed by atoms with E-state index >= 15 is 0 Å². The van der Waals surface area contributed by atoms with Gasteiger partial charge in [-0.05, 0) is 37.0 Å². The third-order valence-corrected chi connectivity index (χ3v) is 3.16.